The summed E-state index contributed by atoms with van der Waals surface area (Å²) < 4.78 is 4.98. The van der Waals surface area contributed by atoms with Crippen LogP contribution in [-0.2, 0) is 9.53 Å². The van der Waals surface area contributed by atoms with E-state index in [-0.39, 0.29) is 6.10 Å². The quantitative estimate of drug-likeness (QED) is 0.782. The molecule has 0 aliphatic carbocycles. The molecule has 14 heavy (non-hydrogen) atoms. The largest absolute Gasteiger partial charge is 0.480 e. The Labute approximate surface area is 88.2 Å². The van der Waals surface area contributed by atoms with Crippen LogP contribution in [0.25, 0.3) is 0 Å². The van der Waals surface area contributed by atoms with Crippen molar-refractivity contribution in [2.45, 2.75) is 43.0 Å². The summed E-state index contributed by atoms with van der Waals surface area (Å²) in [6, 6.07) is 0. The molecule has 2 aliphatic heterocycles. The van der Waals surface area contributed by atoms with E-state index in [9.17, 15) is 9.90 Å². The summed E-state index contributed by atoms with van der Waals surface area (Å²) >= 11 is 1.61. The predicted molar refractivity (Wildman–Crippen MR) is 55.6 cm³/mol. The zero-order chi connectivity index (χ0) is 10.0. The number of carbonyl (C=O) groups is 1. The van der Waals surface area contributed by atoms with E-state index in [4.69, 9.17) is 4.74 Å². The molecule has 2 atom stereocenters. The van der Waals surface area contributed by atoms with Crippen molar-refractivity contribution >= 4 is 17.7 Å². The molecule has 0 saturated carbocycles. The van der Waals surface area contributed by atoms with Gasteiger partial charge in [0, 0.05) is 6.61 Å². The van der Waals surface area contributed by atoms with Crippen molar-refractivity contribution in [2.24, 2.45) is 0 Å². The summed E-state index contributed by atoms with van der Waals surface area (Å²) in [7, 11) is 0. The maximum Gasteiger partial charge on any atom is 0.319 e. The van der Waals surface area contributed by atoms with E-state index in [0.717, 1.165) is 38.0 Å². The second-order valence-electron chi connectivity index (χ2n) is 4.09. The summed E-state index contributed by atoms with van der Waals surface area (Å²) in [4.78, 5) is 11.2. The highest BCUT2D eigenvalue weighted by molar-refractivity contribution is 8.01. The van der Waals surface area contributed by atoms with Gasteiger partial charge in [-0.25, -0.2) is 0 Å². The molecule has 2 rings (SSSR count). The molecule has 0 aromatic rings. The third-order valence-electron chi connectivity index (χ3n) is 3.07. The Balaban J connectivity index is 1.99. The second-order valence-corrected chi connectivity index (χ2v) is 5.57. The Bertz CT molecular complexity index is 217. The molecule has 0 radical (unpaired) electrons. The molecular weight excluding hydrogens is 200 g/mol. The summed E-state index contributed by atoms with van der Waals surface area (Å²) in [5.74, 6) is 0.342. The highest BCUT2D eigenvalue weighted by atomic mass is 32.2. The monoisotopic (exact) mass is 216 g/mol. The Hall–Kier alpha value is -0.220. The lowest BCUT2D eigenvalue weighted by Gasteiger charge is -2.25. The van der Waals surface area contributed by atoms with Gasteiger partial charge in [0.15, 0.2) is 0 Å². The van der Waals surface area contributed by atoms with Crippen LogP contribution in [0.1, 0.15) is 32.1 Å². The smallest absolute Gasteiger partial charge is 0.319 e. The van der Waals surface area contributed by atoms with Crippen LogP contribution in [0.5, 0.6) is 0 Å². The minimum absolute atomic E-state index is 0.191. The van der Waals surface area contributed by atoms with Crippen molar-refractivity contribution in [3.05, 3.63) is 0 Å². The molecule has 0 amide bonds. The first-order chi connectivity index (χ1) is 6.73. The second kappa shape index (κ2) is 4.11. The van der Waals surface area contributed by atoms with Gasteiger partial charge in [0.25, 0.3) is 0 Å². The van der Waals surface area contributed by atoms with Gasteiger partial charge in [-0.3, -0.25) is 4.79 Å². The highest BCUT2D eigenvalue weighted by Gasteiger charge is 2.44. The van der Waals surface area contributed by atoms with Gasteiger partial charge >= 0.3 is 5.97 Å². The van der Waals surface area contributed by atoms with Crippen LogP contribution in [0.4, 0.5) is 0 Å². The van der Waals surface area contributed by atoms with Gasteiger partial charge in [0.2, 0.25) is 0 Å². The number of ether oxygens (including phenoxy) is 1. The normalized spacial score (nSPS) is 37.6. The average Bonchev–Trinajstić information content (AvgIpc) is 2.76. The highest BCUT2D eigenvalue weighted by Crippen LogP contribution is 2.43. The van der Waals surface area contributed by atoms with Crippen molar-refractivity contribution in [3.8, 4) is 0 Å². The van der Waals surface area contributed by atoms with Crippen molar-refractivity contribution in [2.75, 3.05) is 12.4 Å². The number of aliphatic carboxylic acids is 1. The molecule has 0 aromatic carbocycles. The first-order valence-electron chi connectivity index (χ1n) is 5.22. The number of hydrogen-bond donors (Lipinski definition) is 1. The van der Waals surface area contributed by atoms with E-state index in [1.165, 1.54) is 0 Å². The van der Waals surface area contributed by atoms with E-state index >= 15 is 0 Å². The number of hydrogen-bond acceptors (Lipinski definition) is 3. The van der Waals surface area contributed by atoms with Gasteiger partial charge in [0.05, 0.1) is 6.10 Å². The lowest BCUT2D eigenvalue weighted by molar-refractivity contribution is -0.140. The standard InChI is InChI=1S/C10H16O3S/c11-9(12)10(4-2-6-14-10)7-8-3-1-5-13-8/h8H,1-7H2,(H,11,12). The van der Waals surface area contributed by atoms with Crippen LogP contribution in [0.3, 0.4) is 0 Å². The fourth-order valence-electron chi connectivity index (χ4n) is 2.29. The van der Waals surface area contributed by atoms with E-state index < -0.39 is 10.7 Å². The zero-order valence-electron chi connectivity index (χ0n) is 8.20. The van der Waals surface area contributed by atoms with Crippen LogP contribution < -0.4 is 0 Å². The molecule has 2 saturated heterocycles. The van der Waals surface area contributed by atoms with Crippen molar-refractivity contribution in [3.63, 3.8) is 0 Å². The van der Waals surface area contributed by atoms with Gasteiger partial charge in [-0.05, 0) is 37.9 Å². The maximum absolute atomic E-state index is 11.2. The minimum Gasteiger partial charge on any atom is -0.480 e. The number of thioether (sulfide) groups is 1. The molecular formula is C10H16O3S. The number of rotatable bonds is 3. The topological polar surface area (TPSA) is 46.5 Å². The fraction of sp³-hybridized carbons (Fsp3) is 0.900. The molecule has 4 heteroatoms. The minimum atomic E-state index is -0.643. The van der Waals surface area contributed by atoms with Crippen molar-refractivity contribution < 1.29 is 14.6 Å². The van der Waals surface area contributed by atoms with Gasteiger partial charge in [-0.15, -0.1) is 11.8 Å². The molecule has 80 valence electrons. The van der Waals surface area contributed by atoms with Crippen LogP contribution in [0, 0.1) is 0 Å². The van der Waals surface area contributed by atoms with Gasteiger partial charge < -0.3 is 9.84 Å². The first-order valence-corrected chi connectivity index (χ1v) is 6.20. The zero-order valence-corrected chi connectivity index (χ0v) is 9.02. The molecule has 0 bridgehead atoms. The first kappa shape index (κ1) is 10.3. The lowest BCUT2D eigenvalue weighted by Crippen LogP contribution is -2.36. The van der Waals surface area contributed by atoms with E-state index in [1.54, 1.807) is 11.8 Å². The molecule has 2 fully saturated rings. The van der Waals surface area contributed by atoms with Gasteiger partial charge in [-0.1, -0.05) is 0 Å². The molecule has 3 nitrogen and oxygen atoms in total. The summed E-state index contributed by atoms with van der Waals surface area (Å²) in [5, 5.41) is 9.25. The van der Waals surface area contributed by atoms with Crippen molar-refractivity contribution in [1.29, 1.82) is 0 Å². The van der Waals surface area contributed by atoms with Crippen LogP contribution >= 0.6 is 11.8 Å². The lowest BCUT2D eigenvalue weighted by atomic mass is 9.95. The Morgan fingerprint density at radius 1 is 1.57 bits per heavy atom. The summed E-state index contributed by atoms with van der Waals surface area (Å²) in [6.45, 7) is 0.811. The Morgan fingerprint density at radius 2 is 2.43 bits per heavy atom. The SMILES string of the molecule is O=C(O)C1(CC2CCCO2)CCCS1. The van der Waals surface area contributed by atoms with Gasteiger partial charge in [0.1, 0.15) is 4.75 Å². The fourth-order valence-corrected chi connectivity index (χ4v) is 3.68. The molecule has 2 unspecified atom stereocenters. The van der Waals surface area contributed by atoms with E-state index in [1.807, 2.05) is 0 Å². The molecule has 0 aromatic heterocycles. The molecule has 0 spiro atoms. The van der Waals surface area contributed by atoms with Crippen LogP contribution in [-0.4, -0.2) is 34.3 Å². The van der Waals surface area contributed by atoms with Crippen molar-refractivity contribution in [1.82, 2.24) is 0 Å². The van der Waals surface area contributed by atoms with E-state index in [2.05, 4.69) is 0 Å². The molecule has 1 N–H and O–H groups in total. The summed E-state index contributed by atoms with van der Waals surface area (Å²) in [6.07, 6.45) is 4.86. The maximum atomic E-state index is 11.2. The predicted octanol–water partition coefficient (Wildman–Crippen LogP) is 1.91. The van der Waals surface area contributed by atoms with Gasteiger partial charge in [-0.2, -0.15) is 0 Å². The third kappa shape index (κ3) is 1.91. The molecule has 2 heterocycles. The number of carboxylic acid groups (broad SMARTS) is 1. The molecule has 2 aliphatic rings. The summed E-state index contributed by atoms with van der Waals surface area (Å²) in [5.41, 5.74) is 0. The Kier molecular flexibility index (Phi) is 3.02. The average molecular weight is 216 g/mol. The third-order valence-corrected chi connectivity index (χ3v) is 4.67. The van der Waals surface area contributed by atoms with Crippen LogP contribution in [0.15, 0.2) is 0 Å². The number of carboxylic acids is 1. The van der Waals surface area contributed by atoms with Crippen LogP contribution in [0.2, 0.25) is 0 Å². The Morgan fingerprint density at radius 3 is 2.93 bits per heavy atom. The van der Waals surface area contributed by atoms with E-state index in [0.29, 0.717) is 6.42 Å².